The molecular formula is C34H59N3O12. The first-order valence-electron chi connectivity index (χ1n) is 16.3. The number of rotatable bonds is 22. The van der Waals surface area contributed by atoms with Gasteiger partial charge in [0.2, 0.25) is 11.8 Å². The number of ether oxygens (including phenoxy) is 3. The van der Waals surface area contributed by atoms with Crippen LogP contribution in [0.25, 0.3) is 0 Å². The van der Waals surface area contributed by atoms with Gasteiger partial charge in [0.05, 0.1) is 25.2 Å². The first kappa shape index (κ1) is 45.5. The highest BCUT2D eigenvalue weighted by Crippen LogP contribution is 2.32. The summed E-state index contributed by atoms with van der Waals surface area (Å²) in [6.07, 6.45) is -2.97. The van der Waals surface area contributed by atoms with Gasteiger partial charge >= 0.3 is 11.9 Å². The first-order chi connectivity index (χ1) is 22.7. The SMILES string of the molecule is COCCCOc1cc(C[C@@H](C[C@H](N)[C@@H](O)C[C@H](C(=O)NCC(C)(C)C(N)=O)C(C)C)C(C)C)ccc1OC.O=C(O)C(O)C(O)C(=O)O. The van der Waals surface area contributed by atoms with Gasteiger partial charge in [-0.3, -0.25) is 9.59 Å². The third kappa shape index (κ3) is 16.6. The Balaban J connectivity index is 0.00000198. The van der Waals surface area contributed by atoms with E-state index in [4.69, 9.17) is 46.1 Å². The van der Waals surface area contributed by atoms with Crippen LogP contribution >= 0.6 is 0 Å². The molecule has 1 rings (SSSR count). The second kappa shape index (κ2) is 22.3. The van der Waals surface area contributed by atoms with Crippen LogP contribution in [0.3, 0.4) is 0 Å². The summed E-state index contributed by atoms with van der Waals surface area (Å²) in [7, 11) is 3.29. The zero-order valence-electron chi connectivity index (χ0n) is 30.0. The number of methoxy groups -OCH3 is 2. The van der Waals surface area contributed by atoms with Crippen molar-refractivity contribution in [2.45, 2.75) is 91.6 Å². The Morgan fingerprint density at radius 2 is 1.45 bits per heavy atom. The van der Waals surface area contributed by atoms with Crippen molar-refractivity contribution in [3.8, 4) is 11.5 Å². The summed E-state index contributed by atoms with van der Waals surface area (Å²) in [5.41, 5.74) is 12.2. The lowest BCUT2D eigenvalue weighted by Crippen LogP contribution is -2.46. The zero-order chi connectivity index (χ0) is 38.1. The van der Waals surface area contributed by atoms with Crippen molar-refractivity contribution in [2.24, 2.45) is 40.6 Å². The molecule has 282 valence electrons. The van der Waals surface area contributed by atoms with Gasteiger partial charge in [0.25, 0.3) is 0 Å². The number of carboxylic acid groups (broad SMARTS) is 2. The number of hydrogen-bond acceptors (Lipinski definition) is 11. The lowest BCUT2D eigenvalue weighted by atomic mass is 9.80. The summed E-state index contributed by atoms with van der Waals surface area (Å²) in [5.74, 6) is -2.74. The van der Waals surface area contributed by atoms with E-state index in [1.54, 1.807) is 28.1 Å². The number of aliphatic hydroxyl groups excluding tert-OH is 3. The van der Waals surface area contributed by atoms with Crippen LogP contribution in [0.1, 0.15) is 66.4 Å². The molecule has 0 saturated carbocycles. The molecule has 10 N–H and O–H groups in total. The number of carbonyl (C=O) groups is 4. The standard InChI is InChI=1S/C30H53N3O6.C4H6O6/c1-19(2)22(14-21-10-11-26(38-8)27(15-21)39-13-9-12-37-7)16-24(31)25(34)17-23(20(3)4)28(35)33-18-30(5,6)29(32)36;5-1(3(7)8)2(6)4(9)10/h10-11,15,19-20,22-25,34H,9,12-14,16-18,31H2,1-8H3,(H2,32,36)(H,33,35);1-2,5-6H,(H,7,8)(H,9,10)/t22-,23-,24-,25-;/m0./s1. The number of amides is 2. The molecule has 0 aliphatic carbocycles. The molecule has 1 aromatic carbocycles. The van der Waals surface area contributed by atoms with Gasteiger partial charge in [-0.25, -0.2) is 9.59 Å². The zero-order valence-corrected chi connectivity index (χ0v) is 30.0. The lowest BCUT2D eigenvalue weighted by Gasteiger charge is -2.30. The summed E-state index contributed by atoms with van der Waals surface area (Å²) in [4.78, 5) is 44.1. The Morgan fingerprint density at radius 1 is 0.878 bits per heavy atom. The Hall–Kier alpha value is -3.50. The molecule has 2 amide bonds. The van der Waals surface area contributed by atoms with Crippen LogP contribution in [0.2, 0.25) is 0 Å². The molecule has 0 spiro atoms. The van der Waals surface area contributed by atoms with Crippen LogP contribution in [0, 0.1) is 29.1 Å². The summed E-state index contributed by atoms with van der Waals surface area (Å²) in [5, 5.41) is 46.4. The minimum atomic E-state index is -2.27. The Bertz CT molecular complexity index is 1160. The number of nitrogens with two attached hydrogens (primary N) is 2. The first-order valence-corrected chi connectivity index (χ1v) is 16.3. The molecule has 0 bridgehead atoms. The summed E-state index contributed by atoms with van der Waals surface area (Å²) in [6, 6.07) is 5.47. The third-order valence-corrected chi connectivity index (χ3v) is 8.30. The van der Waals surface area contributed by atoms with Crippen LogP contribution < -0.4 is 26.3 Å². The highest BCUT2D eigenvalue weighted by Gasteiger charge is 2.32. The van der Waals surface area contributed by atoms with Gasteiger partial charge in [0.1, 0.15) is 0 Å². The van der Waals surface area contributed by atoms with Crippen molar-refractivity contribution in [3.63, 3.8) is 0 Å². The van der Waals surface area contributed by atoms with Crippen molar-refractivity contribution >= 4 is 23.8 Å². The predicted molar refractivity (Wildman–Crippen MR) is 182 cm³/mol. The molecule has 0 aromatic heterocycles. The molecule has 2 unspecified atom stereocenters. The Morgan fingerprint density at radius 3 is 1.90 bits per heavy atom. The third-order valence-electron chi connectivity index (χ3n) is 8.30. The maximum absolute atomic E-state index is 12.9. The normalized spacial score (nSPS) is 15.2. The number of carboxylic acids is 2. The number of aliphatic hydroxyl groups is 3. The second-order valence-electron chi connectivity index (χ2n) is 13.5. The minimum absolute atomic E-state index is 0.00829. The molecule has 49 heavy (non-hydrogen) atoms. The fourth-order valence-electron chi connectivity index (χ4n) is 4.66. The van der Waals surface area contributed by atoms with E-state index in [9.17, 15) is 24.3 Å². The topological polar surface area (TPSA) is 261 Å². The van der Waals surface area contributed by atoms with Gasteiger partial charge in [0.15, 0.2) is 23.7 Å². The minimum Gasteiger partial charge on any atom is -0.493 e. The molecule has 1 aromatic rings. The van der Waals surface area contributed by atoms with Crippen LogP contribution in [-0.2, 0) is 30.3 Å². The summed E-state index contributed by atoms with van der Waals surface area (Å²) >= 11 is 0. The lowest BCUT2D eigenvalue weighted by molar-refractivity contribution is -0.165. The van der Waals surface area contributed by atoms with Gasteiger partial charge in [-0.05, 0) is 68.6 Å². The van der Waals surface area contributed by atoms with Crippen LogP contribution in [-0.4, -0.2) is 108 Å². The van der Waals surface area contributed by atoms with E-state index in [-0.39, 0.29) is 30.7 Å². The fraction of sp³-hybridized carbons (Fsp3) is 0.706. The van der Waals surface area contributed by atoms with Crippen molar-refractivity contribution in [3.05, 3.63) is 23.8 Å². The van der Waals surface area contributed by atoms with E-state index in [1.165, 1.54) is 0 Å². The molecule has 15 heteroatoms. The van der Waals surface area contributed by atoms with Gasteiger partial charge in [0, 0.05) is 38.6 Å². The van der Waals surface area contributed by atoms with Crippen molar-refractivity contribution < 1.29 is 58.9 Å². The molecule has 6 atom stereocenters. The monoisotopic (exact) mass is 701 g/mol. The van der Waals surface area contributed by atoms with Crippen LogP contribution in [0.15, 0.2) is 18.2 Å². The number of carbonyl (C=O) groups excluding carboxylic acids is 2. The maximum Gasteiger partial charge on any atom is 0.335 e. The van der Waals surface area contributed by atoms with E-state index < -0.39 is 53.5 Å². The quantitative estimate of drug-likeness (QED) is 0.0791. The number of aliphatic carboxylic acids is 2. The molecular weight excluding hydrogens is 642 g/mol. The Kier molecular flexibility index (Phi) is 20.7. The summed E-state index contributed by atoms with van der Waals surface area (Å²) in [6.45, 7) is 12.9. The predicted octanol–water partition coefficient (Wildman–Crippen LogP) is 1.17. The van der Waals surface area contributed by atoms with E-state index in [1.807, 2.05) is 32.0 Å². The van der Waals surface area contributed by atoms with E-state index in [0.29, 0.717) is 37.1 Å². The van der Waals surface area contributed by atoms with Crippen molar-refractivity contribution in [2.75, 3.05) is 34.0 Å². The Labute approximate surface area is 289 Å². The fourth-order valence-corrected chi connectivity index (χ4v) is 4.66. The smallest absolute Gasteiger partial charge is 0.335 e. The average molecular weight is 702 g/mol. The number of primary amides is 1. The van der Waals surface area contributed by atoms with Gasteiger partial charge in [-0.2, -0.15) is 0 Å². The second-order valence-corrected chi connectivity index (χ2v) is 13.5. The van der Waals surface area contributed by atoms with Crippen LogP contribution in [0.5, 0.6) is 11.5 Å². The van der Waals surface area contributed by atoms with Crippen molar-refractivity contribution in [1.29, 1.82) is 0 Å². The molecule has 0 heterocycles. The van der Waals surface area contributed by atoms with Crippen molar-refractivity contribution in [1.82, 2.24) is 5.32 Å². The highest BCUT2D eigenvalue weighted by molar-refractivity contribution is 5.83. The summed E-state index contributed by atoms with van der Waals surface area (Å²) < 4.78 is 16.5. The molecule has 0 aliphatic heterocycles. The molecule has 0 radical (unpaired) electrons. The number of benzene rings is 1. The average Bonchev–Trinajstić information content (AvgIpc) is 3.03. The van der Waals surface area contributed by atoms with E-state index in [2.05, 4.69) is 19.2 Å². The van der Waals surface area contributed by atoms with E-state index in [0.717, 1.165) is 18.4 Å². The highest BCUT2D eigenvalue weighted by atomic mass is 16.5. The largest absolute Gasteiger partial charge is 0.493 e. The van der Waals surface area contributed by atoms with Gasteiger partial charge in [-0.15, -0.1) is 0 Å². The molecule has 0 fully saturated rings. The number of nitrogens with one attached hydrogen (secondary N) is 1. The maximum atomic E-state index is 12.9. The number of hydrogen-bond donors (Lipinski definition) is 8. The molecule has 0 saturated heterocycles. The molecule has 0 aliphatic rings. The van der Waals surface area contributed by atoms with Crippen LogP contribution in [0.4, 0.5) is 0 Å². The molecule has 15 nitrogen and oxygen atoms in total. The van der Waals surface area contributed by atoms with E-state index >= 15 is 0 Å². The van der Waals surface area contributed by atoms with Gasteiger partial charge < -0.3 is 56.5 Å². The van der Waals surface area contributed by atoms with Gasteiger partial charge in [-0.1, -0.05) is 33.8 Å².